The molecule has 0 rings (SSSR count). The summed E-state index contributed by atoms with van der Waals surface area (Å²) in [7, 11) is 0. The van der Waals surface area contributed by atoms with Crippen LogP contribution in [-0.2, 0) is 4.79 Å². The number of nitrogens with one attached hydrogen (secondary N) is 1. The van der Waals surface area contributed by atoms with Crippen molar-refractivity contribution in [1.82, 2.24) is 5.32 Å². The molecule has 0 radical (unpaired) electrons. The van der Waals surface area contributed by atoms with E-state index in [2.05, 4.69) is 18.3 Å². The number of rotatable bonds is 15. The van der Waals surface area contributed by atoms with Gasteiger partial charge in [-0.25, -0.2) is 0 Å². The monoisotopic (exact) mass is 373 g/mol. The molecule has 0 saturated heterocycles. The minimum absolute atomic E-state index is 0.131. The van der Waals surface area contributed by atoms with Crippen LogP contribution in [0.25, 0.3) is 0 Å². The summed E-state index contributed by atoms with van der Waals surface area (Å²) in [4.78, 5) is 11.9. The summed E-state index contributed by atoms with van der Waals surface area (Å²) in [5.74, 6) is -0.131. The summed E-state index contributed by atoms with van der Waals surface area (Å²) < 4.78 is 0. The molecule has 27 heavy (non-hydrogen) atoms. The topological polar surface area (TPSA) is 49.3 Å². The maximum absolute atomic E-state index is 11.9. The Balaban J connectivity index is 3.98. The molecule has 3 heteroatoms. The highest BCUT2D eigenvalue weighted by molar-refractivity contribution is 5.87. The zero-order valence-corrected chi connectivity index (χ0v) is 17.5. The molecule has 0 spiro atoms. The lowest BCUT2D eigenvalue weighted by molar-refractivity contribution is -0.117. The van der Waals surface area contributed by atoms with Gasteiger partial charge >= 0.3 is 0 Å². The predicted octanol–water partition coefficient (Wildman–Crippen LogP) is 5.80. The minimum Gasteiger partial charge on any atom is -0.388 e. The molecule has 3 nitrogen and oxygen atoms in total. The van der Waals surface area contributed by atoms with Crippen LogP contribution >= 0.6 is 0 Å². The lowest BCUT2D eigenvalue weighted by Crippen LogP contribution is -2.42. The van der Waals surface area contributed by atoms with Crippen LogP contribution in [0.2, 0.25) is 0 Å². The van der Waals surface area contributed by atoms with Gasteiger partial charge in [0.05, 0.1) is 5.60 Å². The third-order valence-corrected chi connectivity index (χ3v) is 4.40. The first-order valence-electron chi connectivity index (χ1n) is 10.4. The van der Waals surface area contributed by atoms with E-state index in [-0.39, 0.29) is 5.91 Å². The van der Waals surface area contributed by atoms with Gasteiger partial charge < -0.3 is 10.4 Å². The summed E-state index contributed by atoms with van der Waals surface area (Å²) in [5.41, 5.74) is -0.784. The van der Waals surface area contributed by atoms with Crippen LogP contribution in [0.15, 0.2) is 60.8 Å². The van der Waals surface area contributed by atoms with Crippen molar-refractivity contribution < 1.29 is 9.90 Å². The van der Waals surface area contributed by atoms with Crippen molar-refractivity contribution in [2.24, 2.45) is 0 Å². The van der Waals surface area contributed by atoms with E-state index in [1.54, 1.807) is 6.08 Å². The number of amides is 1. The van der Waals surface area contributed by atoms with Crippen LogP contribution in [0, 0.1) is 0 Å². The normalized spacial score (nSPS) is 15.0. The molecule has 0 aromatic carbocycles. The smallest absolute Gasteiger partial charge is 0.243 e. The predicted molar refractivity (Wildman–Crippen MR) is 118 cm³/mol. The van der Waals surface area contributed by atoms with Crippen LogP contribution in [0.4, 0.5) is 0 Å². The fourth-order valence-corrected chi connectivity index (χ4v) is 2.51. The zero-order chi connectivity index (χ0) is 20.2. The number of aliphatic hydroxyl groups is 1. The average molecular weight is 374 g/mol. The lowest BCUT2D eigenvalue weighted by Gasteiger charge is -2.27. The molecule has 0 aromatic rings. The molecule has 0 saturated carbocycles. The van der Waals surface area contributed by atoms with Crippen molar-refractivity contribution in [3.8, 4) is 0 Å². The zero-order valence-electron chi connectivity index (χ0n) is 17.5. The number of hydrogen-bond acceptors (Lipinski definition) is 2. The van der Waals surface area contributed by atoms with Crippen LogP contribution in [0.3, 0.4) is 0 Å². The van der Waals surface area contributed by atoms with E-state index in [0.29, 0.717) is 13.0 Å². The molecule has 1 unspecified atom stereocenters. The largest absolute Gasteiger partial charge is 0.388 e. The molecule has 0 heterocycles. The molecule has 0 aliphatic rings. The maximum atomic E-state index is 11.9. The van der Waals surface area contributed by atoms with Crippen LogP contribution in [0.5, 0.6) is 0 Å². The molecule has 1 atom stereocenters. The van der Waals surface area contributed by atoms with Gasteiger partial charge in [0.1, 0.15) is 0 Å². The Morgan fingerprint density at radius 2 is 1.59 bits per heavy atom. The summed E-state index contributed by atoms with van der Waals surface area (Å²) >= 11 is 0. The molecular weight excluding hydrogens is 334 g/mol. The number of hydrogen-bond donors (Lipinski definition) is 2. The molecule has 152 valence electrons. The number of unbranched alkanes of at least 4 members (excludes halogenated alkanes) is 4. The molecular formula is C24H39NO2. The van der Waals surface area contributed by atoms with Crippen LogP contribution in [0.1, 0.15) is 72.1 Å². The SMILES string of the molecule is CC=CC=CC=CC=CCCC=CC(=O)NCC(O)(CC)CCCCCC. The van der Waals surface area contributed by atoms with Crippen LogP contribution < -0.4 is 5.32 Å². The van der Waals surface area contributed by atoms with Crippen LogP contribution in [-0.4, -0.2) is 23.2 Å². The Labute approximate surface area is 166 Å². The fourth-order valence-electron chi connectivity index (χ4n) is 2.51. The van der Waals surface area contributed by atoms with Crippen molar-refractivity contribution in [1.29, 1.82) is 0 Å². The Bertz CT molecular complexity index is 514. The molecule has 1 amide bonds. The molecule has 0 aromatic heterocycles. The van der Waals surface area contributed by atoms with E-state index in [4.69, 9.17) is 0 Å². The Hall–Kier alpha value is -1.87. The van der Waals surface area contributed by atoms with Crippen molar-refractivity contribution in [2.45, 2.75) is 77.7 Å². The van der Waals surface area contributed by atoms with E-state index in [1.807, 2.05) is 62.5 Å². The number of allylic oxidation sites excluding steroid dienone is 9. The first-order valence-corrected chi connectivity index (χ1v) is 10.4. The summed E-state index contributed by atoms with van der Waals surface area (Å²) in [6.45, 7) is 6.46. The van der Waals surface area contributed by atoms with Gasteiger partial charge in [-0.15, -0.1) is 0 Å². The quantitative estimate of drug-likeness (QED) is 0.217. The maximum Gasteiger partial charge on any atom is 0.243 e. The van der Waals surface area contributed by atoms with Crippen molar-refractivity contribution >= 4 is 5.91 Å². The van der Waals surface area contributed by atoms with Gasteiger partial charge in [-0.1, -0.05) is 94.2 Å². The van der Waals surface area contributed by atoms with Gasteiger partial charge in [-0.2, -0.15) is 0 Å². The van der Waals surface area contributed by atoms with E-state index in [0.717, 1.165) is 32.1 Å². The van der Waals surface area contributed by atoms with Gasteiger partial charge in [0.2, 0.25) is 5.91 Å². The second kappa shape index (κ2) is 17.5. The second-order valence-electron chi connectivity index (χ2n) is 6.81. The fraction of sp³-hybridized carbons (Fsp3) is 0.542. The first kappa shape index (κ1) is 25.1. The highest BCUT2D eigenvalue weighted by atomic mass is 16.3. The summed E-state index contributed by atoms with van der Waals surface area (Å²) in [5, 5.41) is 13.4. The number of carbonyl (C=O) groups is 1. The molecule has 0 bridgehead atoms. The number of carbonyl (C=O) groups excluding carboxylic acids is 1. The third-order valence-electron chi connectivity index (χ3n) is 4.40. The van der Waals surface area contributed by atoms with E-state index >= 15 is 0 Å². The Morgan fingerprint density at radius 3 is 2.26 bits per heavy atom. The van der Waals surface area contributed by atoms with E-state index in [9.17, 15) is 9.90 Å². The lowest BCUT2D eigenvalue weighted by atomic mass is 9.93. The van der Waals surface area contributed by atoms with Gasteiger partial charge in [0.15, 0.2) is 0 Å². The second-order valence-corrected chi connectivity index (χ2v) is 6.81. The van der Waals surface area contributed by atoms with Crippen molar-refractivity contribution in [2.75, 3.05) is 6.54 Å². The average Bonchev–Trinajstić information content (AvgIpc) is 2.68. The van der Waals surface area contributed by atoms with Crippen molar-refractivity contribution in [3.05, 3.63) is 60.8 Å². The first-order chi connectivity index (χ1) is 13.1. The summed E-state index contributed by atoms with van der Waals surface area (Å²) in [6, 6.07) is 0. The van der Waals surface area contributed by atoms with Gasteiger partial charge in [-0.3, -0.25) is 4.79 Å². The Morgan fingerprint density at radius 1 is 0.926 bits per heavy atom. The van der Waals surface area contributed by atoms with E-state index in [1.165, 1.54) is 12.8 Å². The van der Waals surface area contributed by atoms with Gasteiger partial charge in [-0.05, 0) is 38.7 Å². The van der Waals surface area contributed by atoms with E-state index < -0.39 is 5.60 Å². The van der Waals surface area contributed by atoms with Gasteiger partial charge in [0.25, 0.3) is 0 Å². The third kappa shape index (κ3) is 16.1. The molecule has 2 N–H and O–H groups in total. The molecule has 0 aliphatic heterocycles. The highest BCUT2D eigenvalue weighted by Crippen LogP contribution is 2.18. The van der Waals surface area contributed by atoms with Gasteiger partial charge in [0, 0.05) is 6.54 Å². The van der Waals surface area contributed by atoms with Crippen molar-refractivity contribution in [3.63, 3.8) is 0 Å². The summed E-state index contributed by atoms with van der Waals surface area (Å²) in [6.07, 6.45) is 27.1. The molecule has 0 fully saturated rings. The Kier molecular flexibility index (Phi) is 16.3. The highest BCUT2D eigenvalue weighted by Gasteiger charge is 2.24. The molecule has 0 aliphatic carbocycles. The minimum atomic E-state index is -0.784. The standard InChI is InChI=1S/C24H39NO2/c1-4-7-9-11-12-13-14-15-16-17-18-20-23(26)25-22-24(27,6-3)21-19-10-8-5-2/h4,7,9,11-15,18,20,27H,5-6,8,10,16-17,19,21-22H2,1-3H3,(H,25,26).